The maximum absolute atomic E-state index is 14.1. The van der Waals surface area contributed by atoms with Gasteiger partial charge in [0.25, 0.3) is 5.56 Å². The molecule has 0 amide bonds. The third-order valence-electron chi connectivity index (χ3n) is 6.90. The molecule has 0 aliphatic heterocycles. The number of aromatic amines is 3. The summed E-state index contributed by atoms with van der Waals surface area (Å²) in [5.41, 5.74) is 0.973. The number of hydrogen-bond donors (Lipinski definition) is 4. The van der Waals surface area contributed by atoms with Crippen LogP contribution in [0.1, 0.15) is 49.3 Å². The Morgan fingerprint density at radius 2 is 1.72 bits per heavy atom. The molecule has 2 aromatic carbocycles. The number of nitrogens with zero attached hydrogens (tertiary/aromatic N) is 2. The maximum Gasteiger partial charge on any atom is 0.417 e. The molecule has 0 spiro atoms. The zero-order chi connectivity index (χ0) is 24.9. The zero-order valence-electron chi connectivity index (χ0n) is 19.2. The largest absolute Gasteiger partial charge is 0.417 e. The average molecular weight is 493 g/mol. The molecule has 1 saturated carbocycles. The molecule has 6 rings (SSSR count). The highest BCUT2D eigenvalue weighted by atomic mass is 19.4. The van der Waals surface area contributed by atoms with E-state index in [4.69, 9.17) is 4.98 Å². The minimum Gasteiger partial charge on any atom is -0.338 e. The number of pyridine rings is 1. The second-order valence-electron chi connectivity index (χ2n) is 9.26. The zero-order valence-corrected chi connectivity index (χ0v) is 19.2. The summed E-state index contributed by atoms with van der Waals surface area (Å²) in [6.45, 7) is 0. The lowest BCUT2D eigenvalue weighted by Gasteiger charge is -2.23. The van der Waals surface area contributed by atoms with Crippen molar-refractivity contribution in [3.63, 3.8) is 0 Å². The summed E-state index contributed by atoms with van der Waals surface area (Å²) in [6.07, 6.45) is 0.495. The molecule has 0 unspecified atom stereocenters. The van der Waals surface area contributed by atoms with Gasteiger partial charge in [-0.25, -0.2) is 0 Å². The Morgan fingerprint density at radius 1 is 0.917 bits per heavy atom. The number of anilines is 2. The maximum atomic E-state index is 14.1. The van der Waals surface area contributed by atoms with Crippen LogP contribution in [0, 0.1) is 0 Å². The predicted octanol–water partition coefficient (Wildman–Crippen LogP) is 6.60. The minimum atomic E-state index is -4.63. The molecular weight excluding hydrogens is 469 g/mol. The highest BCUT2D eigenvalue weighted by Crippen LogP contribution is 2.41. The highest BCUT2D eigenvalue weighted by molar-refractivity contribution is 5.92. The van der Waals surface area contributed by atoms with E-state index in [9.17, 15) is 18.0 Å². The summed E-state index contributed by atoms with van der Waals surface area (Å²) < 4.78 is 42.4. The Bertz CT molecular complexity index is 1620. The first-order valence-corrected chi connectivity index (χ1v) is 11.9. The van der Waals surface area contributed by atoms with E-state index in [2.05, 4.69) is 25.7 Å². The van der Waals surface area contributed by atoms with Crippen LogP contribution >= 0.6 is 0 Å². The molecule has 184 valence electrons. The SMILES string of the molecule is O=c1[nH][nH]c2cc(C(F)(F)F)c(-c3cc(Nc4n[nH]c5ccccc45)cc(C4CCCCC4)n3)cc12. The smallest absolute Gasteiger partial charge is 0.338 e. The number of fused-ring (bicyclic) bond motifs is 2. The first kappa shape index (κ1) is 22.4. The van der Waals surface area contributed by atoms with Crippen LogP contribution in [0.3, 0.4) is 0 Å². The van der Waals surface area contributed by atoms with Gasteiger partial charge in [0, 0.05) is 28.2 Å². The second-order valence-corrected chi connectivity index (χ2v) is 9.26. The van der Waals surface area contributed by atoms with Crippen molar-refractivity contribution in [2.45, 2.75) is 44.2 Å². The van der Waals surface area contributed by atoms with Crippen molar-refractivity contribution >= 4 is 33.3 Å². The van der Waals surface area contributed by atoms with E-state index < -0.39 is 17.3 Å². The molecule has 0 saturated heterocycles. The molecule has 0 bridgehead atoms. The number of nitrogens with one attached hydrogen (secondary N) is 4. The Hall–Kier alpha value is -4.08. The third kappa shape index (κ3) is 4.02. The summed E-state index contributed by atoms with van der Waals surface area (Å²) in [5, 5.41) is 16.5. The molecule has 0 radical (unpaired) electrons. The molecular formula is C26H23F3N6O. The van der Waals surface area contributed by atoms with Gasteiger partial charge in [-0.3, -0.25) is 25.1 Å². The van der Waals surface area contributed by atoms with Gasteiger partial charge in [0.2, 0.25) is 0 Å². The average Bonchev–Trinajstić information content (AvgIpc) is 3.46. The van der Waals surface area contributed by atoms with Crippen molar-refractivity contribution in [3.8, 4) is 11.3 Å². The third-order valence-corrected chi connectivity index (χ3v) is 6.90. The van der Waals surface area contributed by atoms with E-state index >= 15 is 0 Å². The van der Waals surface area contributed by atoms with Gasteiger partial charge >= 0.3 is 6.18 Å². The summed E-state index contributed by atoms with van der Waals surface area (Å²) in [6, 6.07) is 13.3. The summed E-state index contributed by atoms with van der Waals surface area (Å²) >= 11 is 0. The highest BCUT2D eigenvalue weighted by Gasteiger charge is 2.35. The van der Waals surface area contributed by atoms with Crippen LogP contribution in [0.25, 0.3) is 33.1 Å². The van der Waals surface area contributed by atoms with E-state index in [0.717, 1.165) is 54.8 Å². The van der Waals surface area contributed by atoms with Crippen molar-refractivity contribution in [1.29, 1.82) is 0 Å². The van der Waals surface area contributed by atoms with Gasteiger partial charge in [-0.15, -0.1) is 0 Å². The monoisotopic (exact) mass is 492 g/mol. The first-order chi connectivity index (χ1) is 17.4. The van der Waals surface area contributed by atoms with Crippen molar-refractivity contribution in [3.05, 3.63) is 70.1 Å². The molecule has 1 aliphatic carbocycles. The van der Waals surface area contributed by atoms with Gasteiger partial charge in [0.05, 0.1) is 27.7 Å². The Morgan fingerprint density at radius 3 is 2.53 bits per heavy atom. The normalized spacial score (nSPS) is 15.1. The number of para-hydroxylation sites is 1. The second kappa shape index (κ2) is 8.54. The van der Waals surface area contributed by atoms with Crippen LogP contribution in [-0.4, -0.2) is 25.4 Å². The number of halogens is 3. The number of alkyl halides is 3. The van der Waals surface area contributed by atoms with Gasteiger partial charge in [-0.1, -0.05) is 31.4 Å². The fraction of sp³-hybridized carbons (Fsp3) is 0.269. The van der Waals surface area contributed by atoms with Crippen LogP contribution < -0.4 is 10.9 Å². The Kier molecular flexibility index (Phi) is 5.31. The number of aromatic nitrogens is 5. The van der Waals surface area contributed by atoms with E-state index in [1.54, 1.807) is 6.07 Å². The van der Waals surface area contributed by atoms with Crippen LogP contribution in [0.4, 0.5) is 24.7 Å². The van der Waals surface area contributed by atoms with Gasteiger partial charge in [0.15, 0.2) is 5.82 Å². The first-order valence-electron chi connectivity index (χ1n) is 11.9. The lowest BCUT2D eigenvalue weighted by atomic mass is 9.86. The van der Waals surface area contributed by atoms with Crippen molar-refractivity contribution in [1.82, 2.24) is 25.4 Å². The Balaban J connectivity index is 1.53. The molecule has 1 fully saturated rings. The fourth-order valence-electron chi connectivity index (χ4n) is 5.09. The molecule has 7 nitrogen and oxygen atoms in total. The lowest BCUT2D eigenvalue weighted by Crippen LogP contribution is -2.11. The quantitative estimate of drug-likeness (QED) is 0.227. The molecule has 3 heterocycles. The van der Waals surface area contributed by atoms with Gasteiger partial charge in [-0.2, -0.15) is 18.3 Å². The van der Waals surface area contributed by atoms with Crippen LogP contribution in [0.15, 0.2) is 53.3 Å². The van der Waals surface area contributed by atoms with Crippen molar-refractivity contribution in [2.75, 3.05) is 5.32 Å². The predicted molar refractivity (Wildman–Crippen MR) is 132 cm³/mol. The summed E-state index contributed by atoms with van der Waals surface area (Å²) in [5.74, 6) is 0.731. The molecule has 0 atom stereocenters. The van der Waals surface area contributed by atoms with E-state index in [1.165, 1.54) is 6.07 Å². The van der Waals surface area contributed by atoms with E-state index in [0.29, 0.717) is 11.5 Å². The van der Waals surface area contributed by atoms with Gasteiger partial charge in [-0.05, 0) is 49.2 Å². The van der Waals surface area contributed by atoms with E-state index in [1.807, 2.05) is 30.3 Å². The lowest BCUT2D eigenvalue weighted by molar-refractivity contribution is -0.137. The van der Waals surface area contributed by atoms with Gasteiger partial charge in [0.1, 0.15) is 0 Å². The van der Waals surface area contributed by atoms with Crippen LogP contribution in [-0.2, 0) is 6.18 Å². The Labute approximate surface area is 203 Å². The molecule has 4 N–H and O–H groups in total. The van der Waals surface area contributed by atoms with Crippen molar-refractivity contribution < 1.29 is 13.2 Å². The summed E-state index contributed by atoms with van der Waals surface area (Å²) in [7, 11) is 0. The topological polar surface area (TPSA) is 102 Å². The molecule has 10 heteroatoms. The van der Waals surface area contributed by atoms with Crippen molar-refractivity contribution in [2.24, 2.45) is 0 Å². The number of benzene rings is 2. The molecule has 1 aliphatic rings. The number of H-pyrrole nitrogens is 3. The van der Waals surface area contributed by atoms with Crippen LogP contribution in [0.2, 0.25) is 0 Å². The minimum absolute atomic E-state index is 0.0980. The van der Waals surface area contributed by atoms with Crippen LogP contribution in [0.5, 0.6) is 0 Å². The molecule has 36 heavy (non-hydrogen) atoms. The molecule has 5 aromatic rings. The van der Waals surface area contributed by atoms with Gasteiger partial charge < -0.3 is 5.32 Å². The standard InChI is InChI=1S/C26H23F3N6O/c27-26(28,29)19-13-23-18(25(36)35-33-23)12-17(19)22-11-15(10-21(31-22)14-6-2-1-3-7-14)30-24-16-8-4-5-9-20(16)32-34-24/h4-5,8-14H,1-3,6-7H2,(H2,33,35,36)(H2,30,31,32,34). The summed E-state index contributed by atoms with van der Waals surface area (Å²) in [4.78, 5) is 17.0. The number of hydrogen-bond acceptors (Lipinski definition) is 4. The number of rotatable bonds is 4. The van der Waals surface area contributed by atoms with E-state index in [-0.39, 0.29) is 28.1 Å². The molecule has 3 aromatic heterocycles. The fourth-order valence-corrected chi connectivity index (χ4v) is 5.09.